The van der Waals surface area contributed by atoms with E-state index in [0.29, 0.717) is 6.42 Å². The molecule has 0 atom stereocenters. The van der Waals surface area contributed by atoms with Crippen molar-refractivity contribution in [1.29, 1.82) is 0 Å². The molecule has 2 nitrogen and oxygen atoms in total. The molecule has 72 valence electrons. The number of halogens is 3. The third-order valence-corrected chi connectivity index (χ3v) is 2.09. The lowest BCUT2D eigenvalue weighted by Gasteiger charge is -2.20. The molecule has 0 aliphatic heterocycles. The Labute approximate surface area is 68.8 Å². The molecular weight excluding hydrogens is 171 g/mol. The second kappa shape index (κ2) is 3.22. The van der Waals surface area contributed by atoms with Gasteiger partial charge in [0.25, 0.3) is 0 Å². The minimum Gasteiger partial charge on any atom is -0.396 e. The summed E-state index contributed by atoms with van der Waals surface area (Å²) in [6.45, 7) is 0.164. The minimum absolute atomic E-state index is 0.0685. The SMILES string of the molecule is OCCCNC1(C(F)(F)F)CC1. The number of aliphatic hydroxyl groups excluding tert-OH is 1. The number of aliphatic hydroxyl groups is 1. The molecule has 0 aromatic rings. The molecule has 0 aromatic carbocycles. The van der Waals surface area contributed by atoms with Crippen LogP contribution in [0.15, 0.2) is 0 Å². The van der Waals surface area contributed by atoms with Crippen LogP contribution in [-0.4, -0.2) is 30.0 Å². The van der Waals surface area contributed by atoms with Gasteiger partial charge in [0.05, 0.1) is 0 Å². The first-order valence-electron chi connectivity index (χ1n) is 3.94. The zero-order valence-corrected chi connectivity index (χ0v) is 6.62. The Morgan fingerprint density at radius 2 is 1.92 bits per heavy atom. The number of nitrogens with one attached hydrogen (secondary N) is 1. The standard InChI is InChI=1S/C7H12F3NO/c8-7(9,10)6(2-3-6)11-4-1-5-12/h11-12H,1-5H2. The number of hydrogen-bond acceptors (Lipinski definition) is 2. The second-order valence-corrected chi connectivity index (χ2v) is 3.08. The van der Waals surface area contributed by atoms with Gasteiger partial charge < -0.3 is 10.4 Å². The summed E-state index contributed by atoms with van der Waals surface area (Å²) >= 11 is 0. The number of hydrogen-bond donors (Lipinski definition) is 2. The van der Waals surface area contributed by atoms with Crippen LogP contribution in [0.4, 0.5) is 13.2 Å². The van der Waals surface area contributed by atoms with Crippen molar-refractivity contribution in [2.75, 3.05) is 13.2 Å². The molecule has 12 heavy (non-hydrogen) atoms. The lowest BCUT2D eigenvalue weighted by atomic mass is 10.2. The van der Waals surface area contributed by atoms with E-state index in [4.69, 9.17) is 5.11 Å². The summed E-state index contributed by atoms with van der Waals surface area (Å²) in [6.07, 6.45) is -3.43. The molecule has 0 saturated heterocycles. The van der Waals surface area contributed by atoms with Crippen molar-refractivity contribution in [3.05, 3.63) is 0 Å². The van der Waals surface area contributed by atoms with Crippen LogP contribution in [0.5, 0.6) is 0 Å². The zero-order valence-electron chi connectivity index (χ0n) is 6.62. The van der Waals surface area contributed by atoms with Crippen molar-refractivity contribution in [3.63, 3.8) is 0 Å². The maximum Gasteiger partial charge on any atom is 0.406 e. The number of rotatable bonds is 4. The molecule has 0 unspecified atom stereocenters. The van der Waals surface area contributed by atoms with E-state index < -0.39 is 11.7 Å². The van der Waals surface area contributed by atoms with Crippen molar-refractivity contribution in [2.24, 2.45) is 0 Å². The summed E-state index contributed by atoms with van der Waals surface area (Å²) in [6, 6.07) is 0. The molecule has 1 aliphatic carbocycles. The van der Waals surface area contributed by atoms with Crippen LogP contribution in [0.3, 0.4) is 0 Å². The van der Waals surface area contributed by atoms with Gasteiger partial charge in [-0.1, -0.05) is 0 Å². The molecular formula is C7H12F3NO. The van der Waals surface area contributed by atoms with Crippen molar-refractivity contribution in [1.82, 2.24) is 5.32 Å². The number of alkyl halides is 3. The normalized spacial score (nSPS) is 21.0. The van der Waals surface area contributed by atoms with Crippen LogP contribution < -0.4 is 5.32 Å². The molecule has 1 rings (SSSR count). The highest BCUT2D eigenvalue weighted by atomic mass is 19.4. The van der Waals surface area contributed by atoms with Crippen molar-refractivity contribution < 1.29 is 18.3 Å². The Hall–Kier alpha value is -0.290. The second-order valence-electron chi connectivity index (χ2n) is 3.08. The minimum atomic E-state index is -4.14. The van der Waals surface area contributed by atoms with Gasteiger partial charge in [0, 0.05) is 6.61 Å². The first kappa shape index (κ1) is 9.80. The first-order chi connectivity index (χ1) is 5.52. The molecule has 0 spiro atoms. The van der Waals surface area contributed by atoms with E-state index in [1.54, 1.807) is 0 Å². The fraction of sp³-hybridized carbons (Fsp3) is 1.00. The zero-order chi connectivity index (χ0) is 9.24. The smallest absolute Gasteiger partial charge is 0.396 e. The molecule has 1 aliphatic rings. The summed E-state index contributed by atoms with van der Waals surface area (Å²) in [5, 5.41) is 10.8. The Bertz CT molecular complexity index is 153. The van der Waals surface area contributed by atoms with Crippen LogP contribution in [0.2, 0.25) is 0 Å². The third-order valence-electron chi connectivity index (χ3n) is 2.09. The molecule has 1 fully saturated rings. The molecule has 0 radical (unpaired) electrons. The molecule has 0 bridgehead atoms. The Balaban J connectivity index is 2.30. The van der Waals surface area contributed by atoms with E-state index in [-0.39, 0.29) is 26.0 Å². The summed E-state index contributed by atoms with van der Waals surface area (Å²) in [7, 11) is 0. The van der Waals surface area contributed by atoms with Gasteiger partial charge in [-0.25, -0.2) is 0 Å². The maximum absolute atomic E-state index is 12.2. The third kappa shape index (κ3) is 1.90. The molecule has 2 N–H and O–H groups in total. The van der Waals surface area contributed by atoms with Crippen LogP contribution in [-0.2, 0) is 0 Å². The van der Waals surface area contributed by atoms with Crippen molar-refractivity contribution >= 4 is 0 Å². The van der Waals surface area contributed by atoms with Gasteiger partial charge in [-0.3, -0.25) is 0 Å². The summed E-state index contributed by atoms with van der Waals surface area (Å²) in [5.74, 6) is 0. The van der Waals surface area contributed by atoms with E-state index >= 15 is 0 Å². The summed E-state index contributed by atoms with van der Waals surface area (Å²) in [4.78, 5) is 0. The highest BCUT2D eigenvalue weighted by molar-refractivity contribution is 5.07. The van der Waals surface area contributed by atoms with Gasteiger partial charge in [0.1, 0.15) is 5.54 Å². The van der Waals surface area contributed by atoms with Gasteiger partial charge in [-0.05, 0) is 25.8 Å². The first-order valence-corrected chi connectivity index (χ1v) is 3.94. The fourth-order valence-corrected chi connectivity index (χ4v) is 1.09. The molecule has 5 heteroatoms. The van der Waals surface area contributed by atoms with Gasteiger partial charge in [0.15, 0.2) is 0 Å². The molecule has 0 amide bonds. The average molecular weight is 183 g/mol. The average Bonchev–Trinajstić information content (AvgIpc) is 2.67. The van der Waals surface area contributed by atoms with Crippen LogP contribution >= 0.6 is 0 Å². The lowest BCUT2D eigenvalue weighted by molar-refractivity contribution is -0.165. The van der Waals surface area contributed by atoms with E-state index in [1.807, 2.05) is 0 Å². The van der Waals surface area contributed by atoms with Crippen molar-refractivity contribution in [3.8, 4) is 0 Å². The lowest BCUT2D eigenvalue weighted by Crippen LogP contribution is -2.45. The van der Waals surface area contributed by atoms with Gasteiger partial charge in [-0.2, -0.15) is 13.2 Å². The Morgan fingerprint density at radius 1 is 1.33 bits per heavy atom. The van der Waals surface area contributed by atoms with Gasteiger partial charge in [-0.15, -0.1) is 0 Å². The van der Waals surface area contributed by atoms with Gasteiger partial charge >= 0.3 is 6.18 Å². The highest BCUT2D eigenvalue weighted by Crippen LogP contribution is 2.48. The Morgan fingerprint density at radius 3 is 2.25 bits per heavy atom. The van der Waals surface area contributed by atoms with E-state index in [9.17, 15) is 13.2 Å². The summed E-state index contributed by atoms with van der Waals surface area (Å²) < 4.78 is 36.6. The monoisotopic (exact) mass is 183 g/mol. The summed E-state index contributed by atoms with van der Waals surface area (Å²) in [5.41, 5.74) is -1.62. The van der Waals surface area contributed by atoms with E-state index in [1.165, 1.54) is 0 Å². The predicted octanol–water partition coefficient (Wildman–Crippen LogP) is 1.05. The Kier molecular flexibility index (Phi) is 2.63. The van der Waals surface area contributed by atoms with Crippen LogP contribution in [0, 0.1) is 0 Å². The quantitative estimate of drug-likeness (QED) is 0.638. The van der Waals surface area contributed by atoms with Crippen LogP contribution in [0.1, 0.15) is 19.3 Å². The van der Waals surface area contributed by atoms with Gasteiger partial charge in [0.2, 0.25) is 0 Å². The maximum atomic E-state index is 12.2. The molecule has 0 heterocycles. The predicted molar refractivity (Wildman–Crippen MR) is 37.7 cm³/mol. The van der Waals surface area contributed by atoms with E-state index in [2.05, 4.69) is 5.32 Å². The molecule has 1 saturated carbocycles. The molecule has 0 aromatic heterocycles. The van der Waals surface area contributed by atoms with Crippen molar-refractivity contribution in [2.45, 2.75) is 31.0 Å². The van der Waals surface area contributed by atoms with Crippen LogP contribution in [0.25, 0.3) is 0 Å². The highest BCUT2D eigenvalue weighted by Gasteiger charge is 2.62. The topological polar surface area (TPSA) is 32.3 Å². The largest absolute Gasteiger partial charge is 0.406 e. The fourth-order valence-electron chi connectivity index (χ4n) is 1.09. The van der Waals surface area contributed by atoms with E-state index in [0.717, 1.165) is 0 Å².